The van der Waals surface area contributed by atoms with Crippen LogP contribution >= 0.6 is 0 Å². The normalized spacial score (nSPS) is 19.0. The van der Waals surface area contributed by atoms with Gasteiger partial charge in [-0.2, -0.15) is 13.2 Å². The Morgan fingerprint density at radius 1 is 1.12 bits per heavy atom. The number of benzene rings is 2. The van der Waals surface area contributed by atoms with Crippen LogP contribution in [0, 0.1) is 5.82 Å². The quantitative estimate of drug-likeness (QED) is 0.502. The number of alkyl halides is 3. The fraction of sp³-hybridized carbons (Fsp3) is 0.435. The van der Waals surface area contributed by atoms with Gasteiger partial charge in [0.2, 0.25) is 0 Å². The summed E-state index contributed by atoms with van der Waals surface area (Å²) in [6.45, 7) is 2.11. The summed E-state index contributed by atoms with van der Waals surface area (Å²) in [5, 5.41) is 3.15. The van der Waals surface area contributed by atoms with Crippen molar-refractivity contribution in [3.63, 3.8) is 0 Å². The first-order valence-corrected chi connectivity index (χ1v) is 10.6. The van der Waals surface area contributed by atoms with Gasteiger partial charge in [-0.3, -0.25) is 4.90 Å². The second kappa shape index (κ2) is 9.07. The van der Waals surface area contributed by atoms with Crippen molar-refractivity contribution in [3.05, 3.63) is 53.3 Å². The zero-order valence-electron chi connectivity index (χ0n) is 18.0. The van der Waals surface area contributed by atoms with Crippen molar-refractivity contribution in [3.8, 4) is 0 Å². The molecule has 9 heteroatoms. The Kier molecular flexibility index (Phi) is 6.39. The average molecular weight is 450 g/mol. The summed E-state index contributed by atoms with van der Waals surface area (Å²) >= 11 is 0. The Hall–Kier alpha value is -2.65. The van der Waals surface area contributed by atoms with Crippen LogP contribution in [0.5, 0.6) is 0 Å². The highest BCUT2D eigenvalue weighted by Crippen LogP contribution is 2.39. The molecule has 1 N–H and O–H groups in total. The van der Waals surface area contributed by atoms with E-state index in [0.717, 1.165) is 37.9 Å². The Labute approximate surface area is 184 Å². The summed E-state index contributed by atoms with van der Waals surface area (Å²) in [7, 11) is 3.64. The average Bonchev–Trinajstić information content (AvgIpc) is 2.90. The maximum Gasteiger partial charge on any atom is 0.416 e. The van der Waals surface area contributed by atoms with E-state index in [4.69, 9.17) is 9.73 Å². The van der Waals surface area contributed by atoms with Gasteiger partial charge in [-0.05, 0) is 56.6 Å². The molecule has 0 radical (unpaired) electrons. The van der Waals surface area contributed by atoms with Gasteiger partial charge in [0.15, 0.2) is 0 Å². The predicted octanol–water partition coefficient (Wildman–Crippen LogP) is 5.37. The van der Waals surface area contributed by atoms with E-state index in [-0.39, 0.29) is 6.17 Å². The molecule has 1 atom stereocenters. The molecule has 0 bridgehead atoms. The summed E-state index contributed by atoms with van der Waals surface area (Å²) in [6, 6.07) is 7.75. The fourth-order valence-corrected chi connectivity index (χ4v) is 4.32. The van der Waals surface area contributed by atoms with Crippen molar-refractivity contribution >= 4 is 22.9 Å². The third-order valence-electron chi connectivity index (χ3n) is 5.90. The Bertz CT molecular complexity index is 1010. The van der Waals surface area contributed by atoms with Crippen molar-refractivity contribution in [2.45, 2.75) is 31.6 Å². The summed E-state index contributed by atoms with van der Waals surface area (Å²) in [5.74, 6) is -0.0417. The van der Waals surface area contributed by atoms with Gasteiger partial charge in [-0.1, -0.05) is 0 Å². The van der Waals surface area contributed by atoms with E-state index < -0.39 is 17.6 Å². The molecule has 5 nitrogen and oxygen atoms in total. The molecular weight excluding hydrogens is 424 g/mol. The first-order chi connectivity index (χ1) is 15.3. The number of hydrogen-bond donors (Lipinski definition) is 1. The van der Waals surface area contributed by atoms with Gasteiger partial charge in [0.1, 0.15) is 11.7 Å². The summed E-state index contributed by atoms with van der Waals surface area (Å²) in [5.41, 5.74) is 1.01. The van der Waals surface area contributed by atoms with Crippen LogP contribution in [0.25, 0.3) is 0 Å². The van der Waals surface area contributed by atoms with Crippen LogP contribution < -0.4 is 5.32 Å². The van der Waals surface area contributed by atoms with E-state index in [1.54, 1.807) is 13.2 Å². The maximum atomic E-state index is 14.0. The van der Waals surface area contributed by atoms with Crippen LogP contribution in [-0.2, 0) is 10.9 Å². The molecule has 4 rings (SSSR count). The van der Waals surface area contributed by atoms with Gasteiger partial charge in [-0.25, -0.2) is 9.38 Å². The van der Waals surface area contributed by atoms with Crippen molar-refractivity contribution in [2.24, 2.45) is 4.99 Å². The number of nitrogens with one attached hydrogen (secondary N) is 1. The van der Waals surface area contributed by atoms with E-state index in [0.29, 0.717) is 41.6 Å². The lowest BCUT2D eigenvalue weighted by Crippen LogP contribution is -2.54. The molecule has 2 aromatic carbocycles. The van der Waals surface area contributed by atoms with Gasteiger partial charge in [0.05, 0.1) is 23.1 Å². The highest BCUT2D eigenvalue weighted by Gasteiger charge is 2.35. The molecule has 1 fully saturated rings. The molecule has 2 aliphatic heterocycles. The molecule has 0 amide bonds. The monoisotopic (exact) mass is 450 g/mol. The molecule has 1 saturated heterocycles. The number of nitrogens with zero attached hydrogens (tertiary/aromatic N) is 3. The number of rotatable bonds is 4. The van der Waals surface area contributed by atoms with Gasteiger partial charge in [0, 0.05) is 44.1 Å². The highest BCUT2D eigenvalue weighted by molar-refractivity contribution is 6.08. The van der Waals surface area contributed by atoms with Crippen molar-refractivity contribution in [1.82, 2.24) is 9.80 Å². The molecule has 0 aliphatic carbocycles. The van der Waals surface area contributed by atoms with Crippen LogP contribution in [0.2, 0.25) is 0 Å². The summed E-state index contributed by atoms with van der Waals surface area (Å²) in [6.07, 6.45) is -2.14. The smallest absolute Gasteiger partial charge is 0.385 e. The minimum Gasteiger partial charge on any atom is -0.385 e. The molecular formula is C23H26F4N4O. The lowest BCUT2D eigenvalue weighted by atomic mass is 10.0. The third kappa shape index (κ3) is 4.59. The molecule has 32 heavy (non-hydrogen) atoms. The zero-order valence-corrected chi connectivity index (χ0v) is 18.0. The zero-order chi connectivity index (χ0) is 22.9. The Morgan fingerprint density at radius 3 is 2.66 bits per heavy atom. The minimum atomic E-state index is -4.48. The standard InChI is InChI=1S/C23H26F4N4O/c1-30-10-4-11-31(21(30)5-3-12-32-2)22-17-13-15(23(25,26)27)6-8-18(17)28-19-9-7-16(24)14-20(19)29-22/h6-9,13-14,21,28H,3-5,10-12H2,1-2H3/t21-/m1/s1. The largest absolute Gasteiger partial charge is 0.416 e. The topological polar surface area (TPSA) is 40.1 Å². The van der Waals surface area contributed by atoms with E-state index in [9.17, 15) is 17.6 Å². The third-order valence-corrected chi connectivity index (χ3v) is 5.90. The van der Waals surface area contributed by atoms with Gasteiger partial charge in [-0.15, -0.1) is 0 Å². The number of methoxy groups -OCH3 is 1. The molecule has 2 aliphatic rings. The van der Waals surface area contributed by atoms with E-state index in [1.807, 2.05) is 11.9 Å². The fourth-order valence-electron chi connectivity index (χ4n) is 4.32. The number of amidine groups is 1. The van der Waals surface area contributed by atoms with Crippen LogP contribution in [0.15, 0.2) is 41.4 Å². The number of anilines is 2. The number of hydrogen-bond acceptors (Lipinski definition) is 5. The summed E-state index contributed by atoms with van der Waals surface area (Å²) in [4.78, 5) is 8.94. The van der Waals surface area contributed by atoms with E-state index in [1.165, 1.54) is 18.2 Å². The highest BCUT2D eigenvalue weighted by atomic mass is 19.4. The molecule has 172 valence electrons. The first-order valence-electron chi connectivity index (χ1n) is 10.6. The van der Waals surface area contributed by atoms with Crippen LogP contribution in [0.3, 0.4) is 0 Å². The molecule has 0 unspecified atom stereocenters. The van der Waals surface area contributed by atoms with Gasteiger partial charge in [0.25, 0.3) is 0 Å². The van der Waals surface area contributed by atoms with Crippen LogP contribution in [0.1, 0.15) is 30.4 Å². The Balaban J connectivity index is 1.85. The van der Waals surface area contributed by atoms with Crippen LogP contribution in [-0.4, -0.2) is 55.7 Å². The first kappa shape index (κ1) is 22.5. The second-order valence-electron chi connectivity index (χ2n) is 8.12. The van der Waals surface area contributed by atoms with Gasteiger partial charge >= 0.3 is 6.18 Å². The second-order valence-corrected chi connectivity index (χ2v) is 8.12. The van der Waals surface area contributed by atoms with Crippen molar-refractivity contribution in [2.75, 3.05) is 39.2 Å². The van der Waals surface area contributed by atoms with Crippen LogP contribution in [0.4, 0.5) is 34.6 Å². The molecule has 2 heterocycles. The minimum absolute atomic E-state index is 0.0600. The van der Waals surface area contributed by atoms with E-state index >= 15 is 0 Å². The van der Waals surface area contributed by atoms with Gasteiger partial charge < -0.3 is 15.0 Å². The van der Waals surface area contributed by atoms with Crippen molar-refractivity contribution in [1.29, 1.82) is 0 Å². The van der Waals surface area contributed by atoms with Crippen molar-refractivity contribution < 1.29 is 22.3 Å². The lowest BCUT2D eigenvalue weighted by molar-refractivity contribution is -0.137. The lowest BCUT2D eigenvalue weighted by Gasteiger charge is -2.44. The molecule has 0 spiro atoms. The maximum absolute atomic E-state index is 14.0. The number of fused-ring (bicyclic) bond motifs is 2. The number of halogens is 4. The SMILES string of the molecule is COCCC[C@@H]1N(C)CCCN1C1=Nc2cc(F)ccc2Nc2ccc(C(F)(F)F)cc21. The molecule has 2 aromatic rings. The Morgan fingerprint density at radius 2 is 1.91 bits per heavy atom. The van der Waals surface area contributed by atoms with E-state index in [2.05, 4.69) is 10.2 Å². The number of ether oxygens (including phenoxy) is 1. The molecule has 0 aromatic heterocycles. The predicted molar refractivity (Wildman–Crippen MR) is 116 cm³/mol. The molecule has 0 saturated carbocycles. The summed E-state index contributed by atoms with van der Waals surface area (Å²) < 4.78 is 59.8. The number of aliphatic imine (C=N–C) groups is 1.